The van der Waals surface area contributed by atoms with Gasteiger partial charge >= 0.3 is 0 Å². The second-order valence-corrected chi connectivity index (χ2v) is 28.7. The molecule has 0 spiro atoms. The first kappa shape index (κ1) is 79.2. The maximum Gasteiger partial charge on any atom is 0.248 e. The van der Waals surface area contributed by atoms with E-state index in [2.05, 4.69) is 73.8 Å². The molecule has 5 heterocycles. The van der Waals surface area contributed by atoms with Gasteiger partial charge in [0.05, 0.1) is 32.7 Å². The van der Waals surface area contributed by atoms with E-state index in [1.165, 1.54) is 31.3 Å². The minimum absolute atomic E-state index is 0.0110. The van der Waals surface area contributed by atoms with Crippen molar-refractivity contribution in [2.45, 2.75) is 165 Å². The third kappa shape index (κ3) is 22.5. The fraction of sp³-hybridized carbons (Fsp3) is 0.679. The highest BCUT2D eigenvalue weighted by atomic mass is 33.1. The number of fused-ring (bicyclic) bond motifs is 10. The summed E-state index contributed by atoms with van der Waals surface area (Å²) in [6.07, 6.45) is 3.45. The minimum Gasteiger partial charge on any atom is -0.394 e. The summed E-state index contributed by atoms with van der Waals surface area (Å²) < 4.78 is 0. The number of H-pyrrole nitrogens is 1. The quantitative estimate of drug-likeness (QED) is 0.0915. The van der Waals surface area contributed by atoms with Crippen molar-refractivity contribution in [3.63, 3.8) is 0 Å². The summed E-state index contributed by atoms with van der Waals surface area (Å²) in [6.45, 7) is 5.13. The van der Waals surface area contributed by atoms with Crippen LogP contribution < -0.4 is 75.3 Å². The largest absolute Gasteiger partial charge is 0.394 e. The van der Waals surface area contributed by atoms with Gasteiger partial charge in [0.15, 0.2) is 0 Å². The zero-order valence-electron chi connectivity index (χ0n) is 53.8. The summed E-state index contributed by atoms with van der Waals surface area (Å²) in [5.74, 6) is -17.3. The summed E-state index contributed by atoms with van der Waals surface area (Å²) in [7, 11) is 3.41. The number of nitrogens with zero attached hydrogens (tertiary/aromatic N) is 3. The van der Waals surface area contributed by atoms with Crippen LogP contribution in [0.3, 0.4) is 0 Å². The van der Waals surface area contributed by atoms with Crippen LogP contribution in [0.15, 0.2) is 12.5 Å². The number of aliphatic hydroxyl groups is 3. The van der Waals surface area contributed by atoms with Gasteiger partial charge < -0.3 is 105 Å². The number of aromatic nitrogens is 2. The average molecular weight is 1430 g/mol. The number of primary amides is 1. The maximum atomic E-state index is 14.7. The highest BCUT2D eigenvalue weighted by Crippen LogP contribution is 2.27. The van der Waals surface area contributed by atoms with E-state index >= 15 is 0 Å². The number of nitrogens with two attached hydrogens (primary N) is 2. The first-order valence-corrected chi connectivity index (χ1v) is 36.1. The molecule has 96 heavy (non-hydrogen) atoms. The van der Waals surface area contributed by atoms with Gasteiger partial charge in [0, 0.05) is 54.4 Å². The van der Waals surface area contributed by atoms with Crippen LogP contribution >= 0.6 is 43.2 Å². The molecule has 4 aliphatic rings. The van der Waals surface area contributed by atoms with Crippen LogP contribution in [0.5, 0.6) is 0 Å². The van der Waals surface area contributed by atoms with E-state index in [0.29, 0.717) is 12.1 Å². The molecule has 4 fully saturated rings. The summed E-state index contributed by atoms with van der Waals surface area (Å²) >= 11 is 0. The van der Waals surface area contributed by atoms with Gasteiger partial charge in [-0.1, -0.05) is 77.3 Å². The molecule has 36 nitrogen and oxygen atoms in total. The van der Waals surface area contributed by atoms with Crippen LogP contribution in [0.2, 0.25) is 0 Å². The molecule has 534 valence electrons. The predicted octanol–water partition coefficient (Wildman–Crippen LogP) is -8.30. The summed E-state index contributed by atoms with van der Waals surface area (Å²) in [5, 5.41) is 61.4. The van der Waals surface area contributed by atoms with Crippen molar-refractivity contribution in [3.05, 3.63) is 18.2 Å². The molecule has 0 saturated carbocycles. The van der Waals surface area contributed by atoms with E-state index < -0.39 is 223 Å². The molecule has 0 aromatic carbocycles. The van der Waals surface area contributed by atoms with Gasteiger partial charge in [0.1, 0.15) is 84.6 Å². The van der Waals surface area contributed by atoms with Crippen LogP contribution in [0.4, 0.5) is 0 Å². The van der Waals surface area contributed by atoms with E-state index in [4.69, 9.17) is 11.5 Å². The van der Waals surface area contributed by atoms with Crippen molar-refractivity contribution in [2.24, 2.45) is 23.3 Å². The van der Waals surface area contributed by atoms with Crippen LogP contribution in [-0.4, -0.2) is 271 Å². The van der Waals surface area contributed by atoms with E-state index in [9.17, 15) is 87.2 Å². The summed E-state index contributed by atoms with van der Waals surface area (Å²) in [4.78, 5) is 219. The number of hydrogen-bond acceptors (Lipinski definition) is 24. The smallest absolute Gasteiger partial charge is 0.248 e. The normalized spacial score (nSPS) is 29.9. The lowest BCUT2D eigenvalue weighted by molar-refractivity contribution is -0.143. The highest BCUT2D eigenvalue weighted by molar-refractivity contribution is 8.77. The standard InChI is InChI=1S/C56H88N18O18S4/c1-7-26(4)42-54(90)68-34(43(58)79)20-93-95-22-36-49(85)66-32(18-76)47(83)64-30(14-29-16-59-24-60-29)55(91)73-12-8-10-38(73)51(87)71-41(25(2)3)53(89)70-37(23-96-94-21-35(48(84)69-36)63-40(78)15-57)50(86)65-31(17-75)46(82)62-27(5)44(80)61-28(6)45(81)67-33(19-77)56(92)74-13-9-11-39(74)52(88)72-42/h16,24-28,30-39,41-42,75-77H,7-15,17-23,57H2,1-6H3,(H2,58,79)(H,59,60)(H,61,80)(H,62,82)(H,63,78)(H,64,83)(H,65,86)(H,66,85)(H,67,81)(H,68,90)(H,69,84)(H,70,89)(H,71,87)(H,72,88)/t26-,27-,28-,30-,31-,32-,33-,34-,35-,36-,37-,38-,39-,41-,42-/m0/s1. The SMILES string of the molecule is CC[C@H](C)[C@@H]1NC(=O)[C@@H]2CCCN2C(=O)[C@H](CO)NC(=O)[C@H](C)NC(=O)[C@H](C)NC(=O)[C@H](CO)NC(=O)[C@@H]2CSSC[C@H](NC(=O)CN)C(=O)N[C@@H](CSSC[C@@H](C(N)=O)NC1=O)C(=O)N[C@@H](CO)C(=O)N[C@@H](Cc1cnc[nH]1)C(=O)N1CCC[C@H]1C(=O)N[C@@H](C(C)C)C(=O)N2. The number of aliphatic hydroxyl groups excluding tert-OH is 3. The number of nitrogens with one attached hydrogen (secondary N) is 13. The van der Waals surface area contributed by atoms with E-state index in [1.54, 1.807) is 27.7 Å². The molecule has 40 heteroatoms. The van der Waals surface area contributed by atoms with E-state index in [0.717, 1.165) is 48.1 Å². The number of hydrogen-bond donors (Lipinski definition) is 18. The fourth-order valence-corrected chi connectivity index (χ4v) is 15.0. The van der Waals surface area contributed by atoms with Gasteiger partial charge in [0.2, 0.25) is 88.6 Å². The molecule has 20 N–H and O–H groups in total. The maximum absolute atomic E-state index is 14.7. The number of amides is 15. The van der Waals surface area contributed by atoms with Gasteiger partial charge in [-0.3, -0.25) is 71.9 Å². The molecule has 15 atom stereocenters. The van der Waals surface area contributed by atoms with Crippen LogP contribution in [0.25, 0.3) is 0 Å². The van der Waals surface area contributed by atoms with Crippen LogP contribution in [0, 0.1) is 11.8 Å². The monoisotopic (exact) mass is 1430 g/mol. The average Bonchev–Trinajstić information content (AvgIpc) is 1.64. The van der Waals surface area contributed by atoms with Gasteiger partial charge in [-0.05, 0) is 51.4 Å². The second-order valence-electron chi connectivity index (χ2n) is 23.6. The van der Waals surface area contributed by atoms with Crippen LogP contribution in [-0.2, 0) is 78.3 Å². The van der Waals surface area contributed by atoms with E-state index in [1.807, 2.05) is 0 Å². The molecule has 0 unspecified atom stereocenters. The van der Waals surface area contributed by atoms with Gasteiger partial charge in [-0.25, -0.2) is 4.98 Å². The number of rotatable bonds is 11. The highest BCUT2D eigenvalue weighted by Gasteiger charge is 2.44. The molecule has 5 rings (SSSR count). The molecule has 1 aromatic heterocycles. The topological polar surface area (TPSA) is 548 Å². The van der Waals surface area contributed by atoms with Gasteiger partial charge in [-0.2, -0.15) is 0 Å². The lowest BCUT2D eigenvalue weighted by atomic mass is 9.97. The predicted molar refractivity (Wildman–Crippen MR) is 350 cm³/mol. The van der Waals surface area contributed by atoms with Crippen molar-refractivity contribution >= 4 is 132 Å². The molecule has 0 radical (unpaired) electrons. The Morgan fingerprint density at radius 3 is 1.52 bits per heavy atom. The molecule has 2 bridgehead atoms. The molecule has 4 saturated heterocycles. The molecule has 4 aliphatic heterocycles. The Morgan fingerprint density at radius 2 is 1.02 bits per heavy atom. The minimum atomic E-state index is -1.83. The van der Waals surface area contributed by atoms with Crippen molar-refractivity contribution < 1.29 is 87.2 Å². The first-order chi connectivity index (χ1) is 45.6. The second kappa shape index (κ2) is 38.4. The van der Waals surface area contributed by atoms with Crippen molar-refractivity contribution in [1.29, 1.82) is 0 Å². The number of imidazole rings is 1. The number of carbonyl (C=O) groups is 15. The van der Waals surface area contributed by atoms with Crippen molar-refractivity contribution in [2.75, 3.05) is 62.5 Å². The number of carbonyl (C=O) groups excluding carboxylic acids is 15. The van der Waals surface area contributed by atoms with Gasteiger partial charge in [0.25, 0.3) is 0 Å². The Balaban J connectivity index is 1.60. The Labute approximate surface area is 568 Å². The summed E-state index contributed by atoms with van der Waals surface area (Å²) in [6, 6.07) is -21.3. The van der Waals surface area contributed by atoms with Crippen molar-refractivity contribution in [3.8, 4) is 0 Å². The fourth-order valence-electron chi connectivity index (χ4n) is 10.3. The van der Waals surface area contributed by atoms with Crippen LogP contribution in [0.1, 0.15) is 79.3 Å². The molecule has 1 aromatic rings. The molecular formula is C56H88N18O18S4. The Morgan fingerprint density at radius 1 is 0.562 bits per heavy atom. The first-order valence-electron chi connectivity index (χ1n) is 31.1. The Bertz CT molecular complexity index is 2980. The Hall–Kier alpha value is -7.50. The molecule has 15 amide bonds. The third-order valence-corrected chi connectivity index (χ3v) is 21.0. The third-order valence-electron chi connectivity index (χ3n) is 16.1. The van der Waals surface area contributed by atoms with E-state index in [-0.39, 0.29) is 56.7 Å². The Kier molecular flexibility index (Phi) is 31.7. The lowest BCUT2D eigenvalue weighted by Gasteiger charge is -2.31. The molecular weight excluding hydrogens is 1340 g/mol. The van der Waals surface area contributed by atoms with Gasteiger partial charge in [-0.15, -0.1) is 0 Å². The molecule has 0 aliphatic carbocycles. The number of aromatic amines is 1. The lowest BCUT2D eigenvalue weighted by Crippen LogP contribution is -2.62. The zero-order chi connectivity index (χ0) is 71.1. The zero-order valence-corrected chi connectivity index (χ0v) is 57.1. The summed E-state index contributed by atoms with van der Waals surface area (Å²) in [5.41, 5.74) is 11.8. The van der Waals surface area contributed by atoms with Crippen molar-refractivity contribution in [1.82, 2.24) is 83.6 Å².